The number of carbonyl (C=O) groups is 1. The molecule has 0 unspecified atom stereocenters. The number of anilines is 1. The summed E-state index contributed by atoms with van der Waals surface area (Å²) in [5.41, 5.74) is 6.34. The highest BCUT2D eigenvalue weighted by Crippen LogP contribution is 2.37. The minimum atomic E-state index is -3.83. The van der Waals surface area contributed by atoms with Gasteiger partial charge in [-0.25, -0.2) is 22.8 Å². The molecular formula is C23H24FN5O3S. The summed E-state index contributed by atoms with van der Waals surface area (Å²) in [4.78, 5) is 20.5. The number of hydrogen-bond donors (Lipinski definition) is 2. The van der Waals surface area contributed by atoms with Gasteiger partial charge in [0.05, 0.1) is 4.90 Å². The molecule has 1 fully saturated rings. The highest BCUT2D eigenvalue weighted by atomic mass is 32.2. The summed E-state index contributed by atoms with van der Waals surface area (Å²) in [6.45, 7) is 0.744. The van der Waals surface area contributed by atoms with Gasteiger partial charge in [0.25, 0.3) is 5.91 Å². The molecule has 10 heteroatoms. The third-order valence-electron chi connectivity index (χ3n) is 6.03. The van der Waals surface area contributed by atoms with E-state index in [1.165, 1.54) is 34.9 Å². The molecule has 3 N–H and O–H groups in total. The van der Waals surface area contributed by atoms with Crippen LogP contribution in [0, 0.1) is 5.82 Å². The van der Waals surface area contributed by atoms with Crippen molar-refractivity contribution < 1.29 is 17.6 Å². The smallest absolute Gasteiger partial charge is 0.273 e. The number of piperidine rings is 1. The predicted octanol–water partition coefficient (Wildman–Crippen LogP) is 2.35. The first-order chi connectivity index (χ1) is 15.8. The van der Waals surface area contributed by atoms with Gasteiger partial charge >= 0.3 is 0 Å². The van der Waals surface area contributed by atoms with Gasteiger partial charge in [-0.1, -0.05) is 36.4 Å². The van der Waals surface area contributed by atoms with E-state index in [1.54, 1.807) is 0 Å². The van der Waals surface area contributed by atoms with E-state index in [0.29, 0.717) is 12.8 Å². The molecule has 2 heterocycles. The Bertz CT molecular complexity index is 1250. The van der Waals surface area contributed by atoms with Crippen LogP contribution in [0.5, 0.6) is 0 Å². The number of nitrogen functional groups attached to an aromatic ring is 1. The van der Waals surface area contributed by atoms with Crippen molar-refractivity contribution in [2.24, 2.45) is 0 Å². The molecule has 8 nitrogen and oxygen atoms in total. The lowest BCUT2D eigenvalue weighted by atomic mass is 9.73. The summed E-state index contributed by atoms with van der Waals surface area (Å²) in [7, 11) is -3.83. The SMILES string of the molecule is Nc1nccnc1C(=O)NCC1(c2ccccc2)CCN(S(=O)(=O)c2cccc(F)c2)CC1. The molecule has 0 bridgehead atoms. The zero-order valence-corrected chi connectivity index (χ0v) is 18.6. The van der Waals surface area contributed by atoms with Crippen LogP contribution in [0.3, 0.4) is 0 Å². The summed E-state index contributed by atoms with van der Waals surface area (Å²) in [6.07, 6.45) is 3.75. The Morgan fingerprint density at radius 2 is 1.76 bits per heavy atom. The van der Waals surface area contributed by atoms with Gasteiger partial charge in [-0.3, -0.25) is 4.79 Å². The van der Waals surface area contributed by atoms with Crippen LogP contribution in [-0.2, 0) is 15.4 Å². The second-order valence-electron chi connectivity index (χ2n) is 7.98. The van der Waals surface area contributed by atoms with E-state index in [9.17, 15) is 17.6 Å². The molecule has 1 amide bonds. The van der Waals surface area contributed by atoms with Crippen molar-refractivity contribution >= 4 is 21.7 Å². The van der Waals surface area contributed by atoms with Crippen molar-refractivity contribution in [3.63, 3.8) is 0 Å². The van der Waals surface area contributed by atoms with Crippen LogP contribution in [-0.4, -0.2) is 48.2 Å². The van der Waals surface area contributed by atoms with Crippen LogP contribution in [0.1, 0.15) is 28.9 Å². The number of halogens is 1. The molecule has 172 valence electrons. The number of nitrogens with two attached hydrogens (primary N) is 1. The molecule has 1 saturated heterocycles. The number of amides is 1. The van der Waals surface area contributed by atoms with Gasteiger partial charge in [0.15, 0.2) is 11.5 Å². The molecule has 0 atom stereocenters. The lowest BCUT2D eigenvalue weighted by Crippen LogP contribution is -2.50. The van der Waals surface area contributed by atoms with Crippen molar-refractivity contribution in [2.45, 2.75) is 23.2 Å². The fourth-order valence-corrected chi connectivity index (χ4v) is 5.62. The van der Waals surface area contributed by atoms with E-state index in [1.807, 2.05) is 30.3 Å². The summed E-state index contributed by atoms with van der Waals surface area (Å²) in [5, 5.41) is 2.90. The number of carbonyl (C=O) groups excluding carboxylic acids is 1. The molecule has 2 aromatic carbocycles. The van der Waals surface area contributed by atoms with Crippen LogP contribution < -0.4 is 11.1 Å². The quantitative estimate of drug-likeness (QED) is 0.572. The molecule has 33 heavy (non-hydrogen) atoms. The molecule has 1 aromatic heterocycles. The normalized spacial score (nSPS) is 16.3. The lowest BCUT2D eigenvalue weighted by molar-refractivity contribution is 0.0928. The Balaban J connectivity index is 1.55. The van der Waals surface area contributed by atoms with Crippen LogP contribution in [0.4, 0.5) is 10.2 Å². The number of benzene rings is 2. The van der Waals surface area contributed by atoms with Crippen LogP contribution in [0.15, 0.2) is 71.9 Å². The molecule has 0 saturated carbocycles. The summed E-state index contributed by atoms with van der Waals surface area (Å²) in [6, 6.07) is 14.7. The number of aromatic nitrogens is 2. The predicted molar refractivity (Wildman–Crippen MR) is 121 cm³/mol. The molecule has 0 radical (unpaired) electrons. The van der Waals surface area contributed by atoms with Gasteiger partial charge in [0, 0.05) is 37.4 Å². The van der Waals surface area contributed by atoms with Gasteiger partial charge < -0.3 is 11.1 Å². The van der Waals surface area contributed by atoms with Gasteiger partial charge in [-0.2, -0.15) is 4.31 Å². The Labute approximate surface area is 191 Å². The fraction of sp³-hybridized carbons (Fsp3) is 0.261. The lowest BCUT2D eigenvalue weighted by Gasteiger charge is -2.42. The highest BCUT2D eigenvalue weighted by molar-refractivity contribution is 7.89. The van der Waals surface area contributed by atoms with E-state index < -0.39 is 27.2 Å². The van der Waals surface area contributed by atoms with Gasteiger partial charge in [-0.15, -0.1) is 0 Å². The van der Waals surface area contributed by atoms with Crippen LogP contribution in [0.2, 0.25) is 0 Å². The molecular weight excluding hydrogens is 445 g/mol. The maximum absolute atomic E-state index is 13.6. The Morgan fingerprint density at radius 1 is 1.06 bits per heavy atom. The van der Waals surface area contributed by atoms with Crippen molar-refractivity contribution in [1.82, 2.24) is 19.6 Å². The van der Waals surface area contributed by atoms with E-state index >= 15 is 0 Å². The van der Waals surface area contributed by atoms with Crippen LogP contribution in [0.25, 0.3) is 0 Å². The standard InChI is InChI=1S/C23H24FN5O3S/c24-18-7-4-8-19(15-18)33(31,32)29-13-9-23(10-14-29,17-5-2-1-3-6-17)16-28-22(30)20-21(25)27-12-11-26-20/h1-8,11-12,15H,9-10,13-14,16H2,(H2,25,27)(H,28,30). The zero-order valence-electron chi connectivity index (χ0n) is 17.8. The molecule has 0 spiro atoms. The highest BCUT2D eigenvalue weighted by Gasteiger charge is 2.40. The molecule has 1 aliphatic rings. The molecule has 3 aromatic rings. The summed E-state index contributed by atoms with van der Waals surface area (Å²) in [5.74, 6) is -0.997. The Hall–Kier alpha value is -3.37. The van der Waals surface area contributed by atoms with E-state index in [4.69, 9.17) is 5.73 Å². The molecule has 4 rings (SSSR count). The first-order valence-electron chi connectivity index (χ1n) is 10.5. The van der Waals surface area contributed by atoms with E-state index in [0.717, 1.165) is 11.6 Å². The fourth-order valence-electron chi connectivity index (χ4n) is 4.15. The minimum Gasteiger partial charge on any atom is -0.382 e. The Kier molecular flexibility index (Phi) is 6.39. The average Bonchev–Trinajstić information content (AvgIpc) is 2.83. The average molecular weight is 470 g/mol. The minimum absolute atomic E-state index is 0.0415. The largest absolute Gasteiger partial charge is 0.382 e. The van der Waals surface area contributed by atoms with Crippen molar-refractivity contribution in [3.8, 4) is 0 Å². The maximum atomic E-state index is 13.6. The first-order valence-corrected chi connectivity index (χ1v) is 11.9. The van der Waals surface area contributed by atoms with Crippen molar-refractivity contribution in [1.29, 1.82) is 0 Å². The summed E-state index contributed by atoms with van der Waals surface area (Å²) < 4.78 is 41.1. The van der Waals surface area contributed by atoms with Gasteiger partial charge in [0.1, 0.15) is 5.82 Å². The number of hydrogen-bond acceptors (Lipinski definition) is 6. The monoisotopic (exact) mass is 469 g/mol. The van der Waals surface area contributed by atoms with Crippen LogP contribution >= 0.6 is 0 Å². The van der Waals surface area contributed by atoms with Crippen molar-refractivity contribution in [3.05, 3.63) is 84.1 Å². The number of rotatable bonds is 6. The molecule has 0 aliphatic carbocycles. The number of nitrogens with zero attached hydrogens (tertiary/aromatic N) is 3. The third kappa shape index (κ3) is 4.71. The third-order valence-corrected chi connectivity index (χ3v) is 7.92. The number of sulfonamides is 1. The molecule has 1 aliphatic heterocycles. The topological polar surface area (TPSA) is 118 Å². The zero-order chi connectivity index (χ0) is 23.5. The second kappa shape index (κ2) is 9.24. The Morgan fingerprint density at radius 3 is 2.42 bits per heavy atom. The second-order valence-corrected chi connectivity index (χ2v) is 9.92. The first kappa shape index (κ1) is 22.8. The van der Waals surface area contributed by atoms with E-state index in [-0.39, 0.29) is 36.0 Å². The van der Waals surface area contributed by atoms with E-state index in [2.05, 4.69) is 15.3 Å². The van der Waals surface area contributed by atoms with Gasteiger partial charge in [0.2, 0.25) is 10.0 Å². The van der Waals surface area contributed by atoms with Gasteiger partial charge in [-0.05, 0) is 36.6 Å². The summed E-state index contributed by atoms with van der Waals surface area (Å²) >= 11 is 0. The van der Waals surface area contributed by atoms with Crippen molar-refractivity contribution in [2.75, 3.05) is 25.4 Å². The maximum Gasteiger partial charge on any atom is 0.273 e. The number of nitrogens with one attached hydrogen (secondary N) is 1.